The molecule has 0 atom stereocenters. The van der Waals surface area contributed by atoms with E-state index in [-0.39, 0.29) is 28.3 Å². The molecule has 0 bridgehead atoms. The summed E-state index contributed by atoms with van der Waals surface area (Å²) in [6.07, 6.45) is 7.18. The standard InChI is InChI=1S/C25H26F2N2O2/c1-31-22-12-11-21(26)23(24(22)27)19-14-28-15-20(19)25(30)29-13-16-7-9-18(10-8-16)17-5-3-2-4-6-17/h2-6,11-12,14-16,18,28H,7-10,13H2,1H3,(H,29,30). The Morgan fingerprint density at radius 2 is 1.81 bits per heavy atom. The molecular formula is C25H26F2N2O2. The van der Waals surface area contributed by atoms with Crippen molar-refractivity contribution < 1.29 is 18.3 Å². The van der Waals surface area contributed by atoms with Crippen molar-refractivity contribution in [3.05, 3.63) is 77.6 Å². The average Bonchev–Trinajstić information content (AvgIpc) is 3.28. The van der Waals surface area contributed by atoms with Gasteiger partial charge in [0.2, 0.25) is 0 Å². The Labute approximate surface area is 180 Å². The van der Waals surface area contributed by atoms with Crippen molar-refractivity contribution in [2.45, 2.75) is 31.6 Å². The number of hydrogen-bond donors (Lipinski definition) is 2. The molecule has 1 fully saturated rings. The lowest BCUT2D eigenvalue weighted by Crippen LogP contribution is -2.31. The van der Waals surface area contributed by atoms with Crippen LogP contribution in [0.2, 0.25) is 0 Å². The molecule has 1 saturated carbocycles. The topological polar surface area (TPSA) is 54.1 Å². The number of H-pyrrole nitrogens is 1. The van der Waals surface area contributed by atoms with E-state index in [2.05, 4.69) is 34.6 Å². The third-order valence-electron chi connectivity index (χ3n) is 6.20. The number of halogens is 2. The number of aromatic nitrogens is 1. The Hall–Kier alpha value is -3.15. The fourth-order valence-corrected chi connectivity index (χ4v) is 4.45. The maximum absolute atomic E-state index is 14.7. The second-order valence-corrected chi connectivity index (χ2v) is 8.06. The Kier molecular flexibility index (Phi) is 6.35. The highest BCUT2D eigenvalue weighted by Gasteiger charge is 2.25. The van der Waals surface area contributed by atoms with E-state index < -0.39 is 11.6 Å². The Bertz CT molecular complexity index is 1040. The monoisotopic (exact) mass is 424 g/mol. The molecule has 4 nitrogen and oxygen atoms in total. The van der Waals surface area contributed by atoms with Crippen molar-refractivity contribution in [3.8, 4) is 16.9 Å². The molecule has 1 aliphatic rings. The van der Waals surface area contributed by atoms with Crippen LogP contribution in [0.4, 0.5) is 8.78 Å². The van der Waals surface area contributed by atoms with Crippen LogP contribution >= 0.6 is 0 Å². The van der Waals surface area contributed by atoms with Crippen LogP contribution in [0.15, 0.2) is 54.9 Å². The summed E-state index contributed by atoms with van der Waals surface area (Å²) in [6.45, 7) is 0.550. The number of carbonyl (C=O) groups is 1. The zero-order valence-electron chi connectivity index (χ0n) is 17.5. The summed E-state index contributed by atoms with van der Waals surface area (Å²) in [7, 11) is 1.32. The van der Waals surface area contributed by atoms with E-state index in [9.17, 15) is 13.6 Å². The SMILES string of the molecule is COc1ccc(F)c(-c2c[nH]cc2C(=O)NCC2CCC(c3ccccc3)CC2)c1F. The van der Waals surface area contributed by atoms with Crippen LogP contribution in [0.3, 0.4) is 0 Å². The molecule has 6 heteroatoms. The van der Waals surface area contributed by atoms with Crippen LogP contribution in [0.25, 0.3) is 11.1 Å². The highest BCUT2D eigenvalue weighted by atomic mass is 19.1. The minimum Gasteiger partial charge on any atom is -0.494 e. The van der Waals surface area contributed by atoms with Gasteiger partial charge in [0.1, 0.15) is 5.82 Å². The van der Waals surface area contributed by atoms with Gasteiger partial charge in [-0.15, -0.1) is 0 Å². The lowest BCUT2D eigenvalue weighted by atomic mass is 9.78. The van der Waals surface area contributed by atoms with Crippen LogP contribution in [0.5, 0.6) is 5.75 Å². The molecule has 1 amide bonds. The molecule has 1 heterocycles. The first kappa shape index (κ1) is 21.1. The van der Waals surface area contributed by atoms with Gasteiger partial charge >= 0.3 is 0 Å². The molecule has 162 valence electrons. The van der Waals surface area contributed by atoms with Gasteiger partial charge in [0.25, 0.3) is 5.91 Å². The van der Waals surface area contributed by atoms with Crippen LogP contribution in [0, 0.1) is 17.6 Å². The second-order valence-electron chi connectivity index (χ2n) is 8.06. The Morgan fingerprint density at radius 1 is 1.06 bits per heavy atom. The summed E-state index contributed by atoms with van der Waals surface area (Å²) in [5.74, 6) is -1.01. The largest absolute Gasteiger partial charge is 0.494 e. The summed E-state index contributed by atoms with van der Waals surface area (Å²) in [5.41, 5.74) is 1.50. The summed E-state index contributed by atoms with van der Waals surface area (Å²) in [4.78, 5) is 15.6. The van der Waals surface area contributed by atoms with E-state index >= 15 is 0 Å². The fourth-order valence-electron chi connectivity index (χ4n) is 4.45. The predicted octanol–water partition coefficient (Wildman–Crippen LogP) is 5.67. The highest BCUT2D eigenvalue weighted by Crippen LogP contribution is 2.36. The van der Waals surface area contributed by atoms with Crippen LogP contribution in [-0.2, 0) is 0 Å². The quantitative estimate of drug-likeness (QED) is 0.536. The fraction of sp³-hybridized carbons (Fsp3) is 0.320. The number of amides is 1. The maximum atomic E-state index is 14.7. The predicted molar refractivity (Wildman–Crippen MR) is 116 cm³/mol. The number of nitrogens with one attached hydrogen (secondary N) is 2. The molecule has 2 N–H and O–H groups in total. The molecule has 4 rings (SSSR count). The third-order valence-corrected chi connectivity index (χ3v) is 6.20. The van der Waals surface area contributed by atoms with Crippen molar-refractivity contribution in [2.24, 2.45) is 5.92 Å². The number of carbonyl (C=O) groups excluding carboxylic acids is 1. The highest BCUT2D eigenvalue weighted by molar-refractivity contribution is 6.01. The van der Waals surface area contributed by atoms with Crippen molar-refractivity contribution in [1.29, 1.82) is 0 Å². The zero-order valence-corrected chi connectivity index (χ0v) is 17.5. The molecule has 0 saturated heterocycles. The number of aromatic amines is 1. The number of methoxy groups -OCH3 is 1. The summed E-state index contributed by atoms with van der Waals surface area (Å²) in [6, 6.07) is 12.9. The van der Waals surface area contributed by atoms with Gasteiger partial charge in [-0.1, -0.05) is 30.3 Å². The molecule has 0 aliphatic heterocycles. The molecule has 0 radical (unpaired) electrons. The van der Waals surface area contributed by atoms with Gasteiger partial charge in [-0.05, 0) is 55.2 Å². The molecule has 3 aromatic rings. The Morgan fingerprint density at radius 3 is 2.52 bits per heavy atom. The minimum absolute atomic E-state index is 0.0702. The van der Waals surface area contributed by atoms with Crippen LogP contribution < -0.4 is 10.1 Å². The molecule has 1 aromatic heterocycles. The zero-order chi connectivity index (χ0) is 21.8. The summed E-state index contributed by atoms with van der Waals surface area (Å²) >= 11 is 0. The second kappa shape index (κ2) is 9.33. The van der Waals surface area contributed by atoms with Gasteiger partial charge in [-0.25, -0.2) is 8.78 Å². The number of benzene rings is 2. The molecule has 2 aromatic carbocycles. The summed E-state index contributed by atoms with van der Waals surface area (Å²) < 4.78 is 34.0. The van der Waals surface area contributed by atoms with Crippen LogP contribution in [-0.4, -0.2) is 24.5 Å². The smallest absolute Gasteiger partial charge is 0.253 e. The van der Waals surface area contributed by atoms with Gasteiger partial charge in [-0.3, -0.25) is 4.79 Å². The van der Waals surface area contributed by atoms with Gasteiger partial charge in [-0.2, -0.15) is 0 Å². The van der Waals surface area contributed by atoms with E-state index in [1.54, 1.807) is 0 Å². The first-order valence-electron chi connectivity index (χ1n) is 10.6. The van der Waals surface area contributed by atoms with Crippen molar-refractivity contribution in [2.75, 3.05) is 13.7 Å². The third kappa shape index (κ3) is 4.48. The molecule has 0 spiro atoms. The normalized spacial score (nSPS) is 18.5. The molecule has 31 heavy (non-hydrogen) atoms. The van der Waals surface area contributed by atoms with E-state index in [1.807, 2.05) is 6.07 Å². The maximum Gasteiger partial charge on any atom is 0.253 e. The van der Waals surface area contributed by atoms with E-state index in [1.165, 1.54) is 31.1 Å². The molecule has 0 unspecified atom stereocenters. The van der Waals surface area contributed by atoms with Gasteiger partial charge in [0.15, 0.2) is 11.6 Å². The molecular weight excluding hydrogens is 398 g/mol. The minimum atomic E-state index is -0.824. The van der Waals surface area contributed by atoms with E-state index in [4.69, 9.17) is 4.74 Å². The van der Waals surface area contributed by atoms with Gasteiger partial charge < -0.3 is 15.0 Å². The Balaban J connectivity index is 1.40. The van der Waals surface area contributed by atoms with E-state index in [0.717, 1.165) is 31.7 Å². The lowest BCUT2D eigenvalue weighted by Gasteiger charge is -2.29. The van der Waals surface area contributed by atoms with Gasteiger partial charge in [0, 0.05) is 24.5 Å². The first-order valence-corrected chi connectivity index (χ1v) is 10.6. The molecule has 1 aliphatic carbocycles. The van der Waals surface area contributed by atoms with Gasteiger partial charge in [0.05, 0.1) is 18.2 Å². The van der Waals surface area contributed by atoms with Crippen molar-refractivity contribution in [1.82, 2.24) is 10.3 Å². The number of hydrogen-bond acceptors (Lipinski definition) is 2. The van der Waals surface area contributed by atoms with E-state index in [0.29, 0.717) is 18.4 Å². The number of ether oxygens (including phenoxy) is 1. The lowest BCUT2D eigenvalue weighted by molar-refractivity contribution is 0.0943. The average molecular weight is 424 g/mol. The number of rotatable bonds is 6. The summed E-state index contributed by atoms with van der Waals surface area (Å²) in [5, 5.41) is 2.95. The first-order chi connectivity index (χ1) is 15.1. The van der Waals surface area contributed by atoms with Crippen molar-refractivity contribution in [3.63, 3.8) is 0 Å². The van der Waals surface area contributed by atoms with Crippen molar-refractivity contribution >= 4 is 5.91 Å². The van der Waals surface area contributed by atoms with Crippen LogP contribution in [0.1, 0.15) is 47.5 Å².